The molecule has 0 radical (unpaired) electrons. The lowest BCUT2D eigenvalue weighted by Crippen LogP contribution is -2.46. The van der Waals surface area contributed by atoms with Crippen molar-refractivity contribution in [2.45, 2.75) is 45.7 Å². The molecule has 0 heterocycles. The van der Waals surface area contributed by atoms with E-state index in [0.717, 1.165) is 41.1 Å². The van der Waals surface area contributed by atoms with Gasteiger partial charge in [-0.1, -0.05) is 109 Å². The minimum Gasteiger partial charge on any atom is -0.375 e. The van der Waals surface area contributed by atoms with Crippen molar-refractivity contribution in [1.29, 1.82) is 0 Å². The van der Waals surface area contributed by atoms with Gasteiger partial charge in [0.1, 0.15) is 6.04 Å². The van der Waals surface area contributed by atoms with Gasteiger partial charge in [-0.15, -0.1) is 0 Å². The number of nitrogens with one attached hydrogen (secondary N) is 1. The molecular weight excluding hydrogens is 642 g/mol. The van der Waals surface area contributed by atoms with Crippen LogP contribution in [0.15, 0.2) is 122 Å². The maximum absolute atomic E-state index is 13.3. The van der Waals surface area contributed by atoms with Crippen LogP contribution in [0.4, 0.5) is 8.78 Å². The second-order valence-corrected chi connectivity index (χ2v) is 12.5. The van der Waals surface area contributed by atoms with E-state index in [9.17, 15) is 18.4 Å². The summed E-state index contributed by atoms with van der Waals surface area (Å²) < 4.78 is 26.4. The van der Waals surface area contributed by atoms with Crippen LogP contribution < -0.4 is 11.1 Å². The predicted molar refractivity (Wildman–Crippen MR) is 206 cm³/mol. The second kappa shape index (κ2) is 20.4. The van der Waals surface area contributed by atoms with E-state index in [2.05, 4.69) is 85.2 Å². The number of carbonyl (C=O) groups is 2. The van der Waals surface area contributed by atoms with Gasteiger partial charge in [0.05, 0.1) is 0 Å². The Labute approximate surface area is 301 Å². The smallest absolute Gasteiger partial charge is 0.243 e. The van der Waals surface area contributed by atoms with Gasteiger partial charge in [0.15, 0.2) is 11.6 Å². The maximum atomic E-state index is 13.3. The number of aryl methyl sites for hydroxylation is 1. The second-order valence-electron chi connectivity index (χ2n) is 12.5. The number of benzene rings is 5. The van der Waals surface area contributed by atoms with Gasteiger partial charge in [-0.2, -0.15) is 0 Å². The molecule has 5 aromatic carbocycles. The zero-order valence-electron chi connectivity index (χ0n) is 30.3. The first kappa shape index (κ1) is 40.1. The summed E-state index contributed by atoms with van der Waals surface area (Å²) in [5.41, 5.74) is 12.0. The highest BCUT2D eigenvalue weighted by atomic mass is 19.2. The molecule has 0 aromatic heterocycles. The van der Waals surface area contributed by atoms with Crippen molar-refractivity contribution in [1.82, 2.24) is 15.1 Å². The van der Waals surface area contributed by atoms with Crippen LogP contribution in [-0.2, 0) is 22.4 Å². The van der Waals surface area contributed by atoms with Crippen LogP contribution >= 0.6 is 0 Å². The lowest BCUT2D eigenvalue weighted by atomic mass is 10.0. The summed E-state index contributed by atoms with van der Waals surface area (Å²) in [6, 6.07) is 35.6. The lowest BCUT2D eigenvalue weighted by Gasteiger charge is -2.24. The molecule has 5 rings (SSSR count). The summed E-state index contributed by atoms with van der Waals surface area (Å²) in [5.74, 6) is -2.26. The molecule has 0 spiro atoms. The molecule has 0 aliphatic rings. The number of halogens is 2. The molecule has 51 heavy (non-hydrogen) atoms. The summed E-state index contributed by atoms with van der Waals surface area (Å²) >= 11 is 0. The van der Waals surface area contributed by atoms with Crippen LogP contribution in [0.25, 0.3) is 16.5 Å². The number of likely N-dealkylation sites (N-methyl/N-ethyl adjacent to an activating group) is 1. The quantitative estimate of drug-likeness (QED) is 0.130. The van der Waals surface area contributed by atoms with Crippen molar-refractivity contribution in [3.63, 3.8) is 0 Å². The minimum atomic E-state index is -0.977. The van der Waals surface area contributed by atoms with Crippen LogP contribution in [0.5, 0.6) is 0 Å². The maximum Gasteiger partial charge on any atom is 0.243 e. The van der Waals surface area contributed by atoms with Crippen LogP contribution in [0.1, 0.15) is 47.7 Å². The fraction of sp³-hybridized carbons (Fsp3) is 0.256. The van der Waals surface area contributed by atoms with E-state index < -0.39 is 17.7 Å². The molecule has 0 fully saturated rings. The molecule has 0 aliphatic carbocycles. The lowest BCUT2D eigenvalue weighted by molar-refractivity contribution is -0.131. The van der Waals surface area contributed by atoms with Crippen LogP contribution in [-0.4, -0.2) is 55.3 Å². The van der Waals surface area contributed by atoms with Gasteiger partial charge in [0.25, 0.3) is 0 Å². The first-order valence-electron chi connectivity index (χ1n) is 17.1. The number of carbonyl (C=O) groups excluding carboxylic acids is 2. The molecule has 3 N–H and O–H groups in total. The Morgan fingerprint density at radius 1 is 0.843 bits per heavy atom. The summed E-state index contributed by atoms with van der Waals surface area (Å²) in [4.78, 5) is 26.8. The van der Waals surface area contributed by atoms with Crippen molar-refractivity contribution in [3.8, 4) is 0 Å². The molecule has 2 unspecified atom stereocenters. The van der Waals surface area contributed by atoms with E-state index in [1.54, 1.807) is 0 Å². The first-order chi connectivity index (χ1) is 24.4. The molecule has 2 atom stereocenters. The van der Waals surface area contributed by atoms with Crippen LogP contribution in [0.2, 0.25) is 0 Å². The fourth-order valence-corrected chi connectivity index (χ4v) is 5.20. The average molecular weight is 693 g/mol. The summed E-state index contributed by atoms with van der Waals surface area (Å²) in [5, 5.41) is 5.43. The van der Waals surface area contributed by atoms with Gasteiger partial charge in [-0.05, 0) is 78.4 Å². The number of nitrogens with two attached hydrogens (primary N) is 1. The number of hydrogen-bond donors (Lipinski definition) is 2. The van der Waals surface area contributed by atoms with Crippen molar-refractivity contribution in [2.75, 3.05) is 27.2 Å². The third-order valence-corrected chi connectivity index (χ3v) is 8.52. The largest absolute Gasteiger partial charge is 0.375 e. The predicted octanol–water partition coefficient (Wildman–Crippen LogP) is 8.10. The zero-order valence-corrected chi connectivity index (χ0v) is 30.3. The molecular formula is C43H50F2N4O2. The fourth-order valence-electron chi connectivity index (χ4n) is 5.20. The molecule has 0 bridgehead atoms. The molecule has 0 saturated heterocycles. The number of hydrogen-bond acceptors (Lipinski definition) is 4. The molecule has 6 nitrogen and oxygen atoms in total. The van der Waals surface area contributed by atoms with Crippen molar-refractivity contribution < 1.29 is 18.4 Å². The first-order valence-corrected chi connectivity index (χ1v) is 17.1. The Morgan fingerprint density at radius 3 is 2.18 bits per heavy atom. The van der Waals surface area contributed by atoms with Gasteiger partial charge in [-0.3, -0.25) is 9.59 Å². The van der Waals surface area contributed by atoms with E-state index in [-0.39, 0.29) is 18.4 Å². The third kappa shape index (κ3) is 12.8. The standard InChI is InChI=1S/C19H20F2N2O2.C13H20N2.C11H10/c1-23(13-24)18(12-15-7-8-16(20)17(21)11-15)19(25)22-10-9-14-5-3-2-4-6-14;1-5-15(4)11(3)13-8-6-7-12(9-13)10(2)14;1-9-6-7-10-4-2-3-5-11(10)8-9/h2-8,11,13,18H,9-10,12H2,1H3,(H,22,25);6-10H,3,5,14H2,1-2,4H3;2-8H,1H3. The Kier molecular flexibility index (Phi) is 16.0. The summed E-state index contributed by atoms with van der Waals surface area (Å²) in [6.07, 6.45) is 1.31. The topological polar surface area (TPSA) is 78.7 Å². The highest BCUT2D eigenvalue weighted by Crippen LogP contribution is 2.20. The van der Waals surface area contributed by atoms with Crippen molar-refractivity contribution in [3.05, 3.63) is 161 Å². The number of amides is 2. The van der Waals surface area contributed by atoms with E-state index in [0.29, 0.717) is 24.9 Å². The molecule has 0 saturated carbocycles. The normalized spacial score (nSPS) is 11.5. The Hall–Kier alpha value is -5.34. The Balaban J connectivity index is 0.000000227. The molecule has 5 aromatic rings. The van der Waals surface area contributed by atoms with E-state index >= 15 is 0 Å². The average Bonchev–Trinajstić information content (AvgIpc) is 3.15. The molecule has 8 heteroatoms. The zero-order chi connectivity index (χ0) is 37.3. The number of nitrogens with zero attached hydrogens (tertiary/aromatic N) is 2. The van der Waals surface area contributed by atoms with E-state index in [4.69, 9.17) is 5.73 Å². The number of fused-ring (bicyclic) bond motifs is 1. The highest BCUT2D eigenvalue weighted by Gasteiger charge is 2.23. The molecule has 268 valence electrons. The van der Waals surface area contributed by atoms with Gasteiger partial charge in [0.2, 0.25) is 12.3 Å². The molecule has 2 amide bonds. The minimum absolute atomic E-state index is 0.0738. The third-order valence-electron chi connectivity index (χ3n) is 8.52. The SMILES string of the molecule is C=C(c1cccc(C(C)N)c1)N(C)CC.CN(C=O)C(Cc1ccc(F)c(F)c1)C(=O)NCCc1ccccc1.Cc1ccc2ccccc2c1. The van der Waals surface area contributed by atoms with Crippen molar-refractivity contribution in [2.24, 2.45) is 5.73 Å². The van der Waals surface area contributed by atoms with Crippen LogP contribution in [0, 0.1) is 18.6 Å². The van der Waals surface area contributed by atoms with E-state index in [1.807, 2.05) is 56.4 Å². The van der Waals surface area contributed by atoms with Crippen LogP contribution in [0.3, 0.4) is 0 Å². The van der Waals surface area contributed by atoms with Gasteiger partial charge < -0.3 is 20.9 Å². The number of rotatable bonds is 12. The van der Waals surface area contributed by atoms with E-state index in [1.165, 1.54) is 34.3 Å². The Morgan fingerprint density at radius 2 is 1.53 bits per heavy atom. The van der Waals surface area contributed by atoms with Gasteiger partial charge >= 0.3 is 0 Å². The molecule has 0 aliphatic heterocycles. The van der Waals surface area contributed by atoms with Gasteiger partial charge in [-0.25, -0.2) is 8.78 Å². The highest BCUT2D eigenvalue weighted by molar-refractivity contribution is 5.84. The summed E-state index contributed by atoms with van der Waals surface area (Å²) in [7, 11) is 3.52. The van der Waals surface area contributed by atoms with Gasteiger partial charge in [0, 0.05) is 45.3 Å². The monoisotopic (exact) mass is 692 g/mol. The van der Waals surface area contributed by atoms with Crippen molar-refractivity contribution >= 4 is 28.8 Å². The summed E-state index contributed by atoms with van der Waals surface area (Å²) in [6.45, 7) is 11.7. The Bertz CT molecular complexity index is 1860.